The third-order valence-electron chi connectivity index (χ3n) is 4.33. The van der Waals surface area contributed by atoms with Crippen LogP contribution in [-0.4, -0.2) is 33.4 Å². The van der Waals surface area contributed by atoms with Crippen molar-refractivity contribution in [2.24, 2.45) is 0 Å². The fourth-order valence-electron chi connectivity index (χ4n) is 3.03. The van der Waals surface area contributed by atoms with Crippen LogP contribution in [0, 0.1) is 12.7 Å². The number of anilines is 1. The van der Waals surface area contributed by atoms with Crippen molar-refractivity contribution in [1.29, 1.82) is 0 Å². The molecule has 0 radical (unpaired) electrons. The van der Waals surface area contributed by atoms with E-state index < -0.39 is 5.82 Å². The molecule has 128 valence electrons. The first-order valence-corrected chi connectivity index (χ1v) is 8.98. The highest BCUT2D eigenvalue weighted by Gasteiger charge is 2.17. The molecule has 5 nitrogen and oxygen atoms in total. The third kappa shape index (κ3) is 3.07. The van der Waals surface area contributed by atoms with Gasteiger partial charge in [0.15, 0.2) is 5.82 Å². The average Bonchev–Trinajstić information content (AvgIpc) is 3.28. The Morgan fingerprint density at radius 2 is 1.92 bits per heavy atom. The van der Waals surface area contributed by atoms with Gasteiger partial charge in [-0.2, -0.15) is 0 Å². The summed E-state index contributed by atoms with van der Waals surface area (Å²) >= 11 is 1.39. The molecule has 1 saturated heterocycles. The molecular formula is C18H17FN4OS. The Labute approximate surface area is 148 Å². The van der Waals surface area contributed by atoms with E-state index in [-0.39, 0.29) is 5.75 Å². The fourth-order valence-corrected chi connectivity index (χ4v) is 3.82. The minimum atomic E-state index is -0.415. The SMILES string of the molecule is Cc1ncc(-c2cc(O)c(-c3ccc(N4CCCC4)nn3)cc2F)s1. The van der Waals surface area contributed by atoms with Gasteiger partial charge in [-0.1, -0.05) is 0 Å². The smallest absolute Gasteiger partial charge is 0.151 e. The van der Waals surface area contributed by atoms with Crippen molar-refractivity contribution < 1.29 is 9.50 Å². The van der Waals surface area contributed by atoms with Gasteiger partial charge in [-0.3, -0.25) is 0 Å². The normalized spacial score (nSPS) is 14.2. The topological polar surface area (TPSA) is 62.1 Å². The number of aromatic nitrogens is 3. The number of nitrogens with zero attached hydrogens (tertiary/aromatic N) is 4. The summed E-state index contributed by atoms with van der Waals surface area (Å²) < 4.78 is 14.5. The number of phenols is 1. The van der Waals surface area contributed by atoms with Crippen molar-refractivity contribution >= 4 is 17.2 Å². The van der Waals surface area contributed by atoms with Crippen molar-refractivity contribution in [2.75, 3.05) is 18.0 Å². The molecule has 0 bridgehead atoms. The molecule has 25 heavy (non-hydrogen) atoms. The van der Waals surface area contributed by atoms with Crippen molar-refractivity contribution in [1.82, 2.24) is 15.2 Å². The molecule has 1 aliphatic rings. The second kappa shape index (κ2) is 6.40. The van der Waals surface area contributed by atoms with Gasteiger partial charge in [0.05, 0.1) is 15.6 Å². The lowest BCUT2D eigenvalue weighted by atomic mass is 10.1. The van der Waals surface area contributed by atoms with Crippen molar-refractivity contribution in [2.45, 2.75) is 19.8 Å². The maximum absolute atomic E-state index is 14.5. The lowest BCUT2D eigenvalue weighted by Gasteiger charge is -2.15. The highest BCUT2D eigenvalue weighted by molar-refractivity contribution is 7.15. The van der Waals surface area contributed by atoms with Crippen molar-refractivity contribution in [3.63, 3.8) is 0 Å². The number of rotatable bonds is 3. The first-order chi connectivity index (χ1) is 12.1. The Balaban J connectivity index is 1.67. The monoisotopic (exact) mass is 356 g/mol. The standard InChI is InChI=1S/C18H17FN4OS/c1-11-20-10-17(25-11)12-9-16(24)13(8-14(12)19)15-4-5-18(22-21-15)23-6-2-3-7-23/h4-5,8-10,24H,2-3,6-7H2,1H3. The molecule has 3 heterocycles. The molecule has 0 atom stereocenters. The molecule has 0 unspecified atom stereocenters. The summed E-state index contributed by atoms with van der Waals surface area (Å²) in [5.41, 5.74) is 1.13. The summed E-state index contributed by atoms with van der Waals surface area (Å²) in [4.78, 5) is 7.00. The molecule has 1 fully saturated rings. The minimum Gasteiger partial charge on any atom is -0.507 e. The van der Waals surface area contributed by atoms with Crippen LogP contribution in [0.4, 0.5) is 10.2 Å². The lowest BCUT2D eigenvalue weighted by molar-refractivity contribution is 0.475. The number of aryl methyl sites for hydroxylation is 1. The van der Waals surface area contributed by atoms with Crippen LogP contribution in [0.3, 0.4) is 0 Å². The van der Waals surface area contributed by atoms with E-state index in [4.69, 9.17) is 0 Å². The molecule has 3 aromatic rings. The van der Waals surface area contributed by atoms with Crippen LogP contribution >= 0.6 is 11.3 Å². The van der Waals surface area contributed by atoms with E-state index >= 15 is 0 Å². The molecule has 0 aliphatic carbocycles. The minimum absolute atomic E-state index is 0.0225. The summed E-state index contributed by atoms with van der Waals surface area (Å²) in [7, 11) is 0. The van der Waals surface area contributed by atoms with Gasteiger partial charge in [0.1, 0.15) is 11.6 Å². The maximum atomic E-state index is 14.5. The van der Waals surface area contributed by atoms with Crippen LogP contribution < -0.4 is 4.90 Å². The van der Waals surface area contributed by atoms with Gasteiger partial charge in [0.25, 0.3) is 0 Å². The number of hydrogen-bond donors (Lipinski definition) is 1. The fraction of sp³-hybridized carbons (Fsp3) is 0.278. The number of phenolic OH excluding ortho intramolecular Hbond substituents is 1. The molecular weight excluding hydrogens is 339 g/mol. The van der Waals surface area contributed by atoms with Crippen molar-refractivity contribution in [3.8, 4) is 27.4 Å². The highest BCUT2D eigenvalue weighted by atomic mass is 32.1. The van der Waals surface area contributed by atoms with Crippen LogP contribution in [0.25, 0.3) is 21.7 Å². The first kappa shape index (κ1) is 16.0. The van der Waals surface area contributed by atoms with Crippen LogP contribution in [0.5, 0.6) is 5.75 Å². The summed E-state index contributed by atoms with van der Waals surface area (Å²) in [5, 5.41) is 19.6. The Kier molecular flexibility index (Phi) is 4.09. The van der Waals surface area contributed by atoms with Crippen molar-refractivity contribution in [3.05, 3.63) is 41.3 Å². The first-order valence-electron chi connectivity index (χ1n) is 8.16. The Bertz CT molecular complexity index is 904. The van der Waals surface area contributed by atoms with E-state index in [1.165, 1.54) is 23.5 Å². The zero-order valence-corrected chi connectivity index (χ0v) is 14.6. The Morgan fingerprint density at radius 3 is 2.56 bits per heavy atom. The molecule has 1 N–H and O–H groups in total. The molecule has 4 rings (SSSR count). The molecule has 0 saturated carbocycles. The number of thiazole rings is 1. The van der Waals surface area contributed by atoms with Gasteiger partial charge in [0, 0.05) is 30.4 Å². The zero-order valence-electron chi connectivity index (χ0n) is 13.7. The number of hydrogen-bond acceptors (Lipinski definition) is 6. The van der Waals surface area contributed by atoms with E-state index in [2.05, 4.69) is 20.1 Å². The molecule has 1 aliphatic heterocycles. The number of aromatic hydroxyl groups is 1. The molecule has 7 heteroatoms. The van der Waals surface area contributed by atoms with Gasteiger partial charge >= 0.3 is 0 Å². The van der Waals surface area contributed by atoms with Gasteiger partial charge < -0.3 is 10.0 Å². The van der Waals surface area contributed by atoms with E-state index in [9.17, 15) is 9.50 Å². The van der Waals surface area contributed by atoms with Gasteiger partial charge in [-0.15, -0.1) is 21.5 Å². The second-order valence-electron chi connectivity index (χ2n) is 6.06. The summed E-state index contributed by atoms with van der Waals surface area (Å²) in [5.74, 6) is 0.380. The third-order valence-corrected chi connectivity index (χ3v) is 5.27. The highest BCUT2D eigenvalue weighted by Crippen LogP contribution is 2.36. The van der Waals surface area contributed by atoms with Crippen LogP contribution in [0.2, 0.25) is 0 Å². The summed E-state index contributed by atoms with van der Waals surface area (Å²) in [6.07, 6.45) is 3.93. The van der Waals surface area contributed by atoms with Gasteiger partial charge in [-0.25, -0.2) is 9.37 Å². The summed E-state index contributed by atoms with van der Waals surface area (Å²) in [6, 6.07) is 6.37. The second-order valence-corrected chi connectivity index (χ2v) is 7.30. The Morgan fingerprint density at radius 1 is 1.12 bits per heavy atom. The maximum Gasteiger partial charge on any atom is 0.151 e. The van der Waals surface area contributed by atoms with Gasteiger partial charge in [-0.05, 0) is 44.0 Å². The van der Waals surface area contributed by atoms with E-state index in [0.717, 1.165) is 36.8 Å². The van der Waals surface area contributed by atoms with Crippen LogP contribution in [-0.2, 0) is 0 Å². The predicted octanol–water partition coefficient (Wildman–Crippen LogP) is 4.02. The van der Waals surface area contributed by atoms with Gasteiger partial charge in [0.2, 0.25) is 0 Å². The van der Waals surface area contributed by atoms with Crippen LogP contribution in [0.15, 0.2) is 30.5 Å². The predicted molar refractivity (Wildman–Crippen MR) is 96.4 cm³/mol. The average molecular weight is 356 g/mol. The molecule has 2 aromatic heterocycles. The molecule has 0 spiro atoms. The number of benzene rings is 1. The largest absolute Gasteiger partial charge is 0.507 e. The quantitative estimate of drug-likeness (QED) is 0.768. The zero-order chi connectivity index (χ0) is 17.4. The Hall–Kier alpha value is -2.54. The number of halogens is 1. The van der Waals surface area contributed by atoms with E-state index in [1.807, 2.05) is 13.0 Å². The van der Waals surface area contributed by atoms with E-state index in [1.54, 1.807) is 12.3 Å². The molecule has 1 aromatic carbocycles. The molecule has 0 amide bonds. The van der Waals surface area contributed by atoms with Crippen LogP contribution in [0.1, 0.15) is 17.8 Å². The van der Waals surface area contributed by atoms with E-state index in [0.29, 0.717) is 21.7 Å². The summed E-state index contributed by atoms with van der Waals surface area (Å²) in [6.45, 7) is 3.82. The lowest BCUT2D eigenvalue weighted by Crippen LogP contribution is -2.19.